The molecule has 0 spiro atoms. The molecule has 0 heterocycles. The lowest BCUT2D eigenvalue weighted by Crippen LogP contribution is -2.23. The smallest absolute Gasteiger partial charge is 0.166 e. The van der Waals surface area contributed by atoms with Crippen LogP contribution < -0.4 is 0 Å². The van der Waals surface area contributed by atoms with Gasteiger partial charge in [-0.15, -0.1) is 0 Å². The first-order valence-electron chi connectivity index (χ1n) is 5.69. The maximum absolute atomic E-state index is 12.5. The van der Waals surface area contributed by atoms with Crippen molar-refractivity contribution in [2.45, 2.75) is 38.3 Å². The Morgan fingerprint density at radius 3 is 2.50 bits per heavy atom. The summed E-state index contributed by atoms with van der Waals surface area (Å²) in [6.07, 6.45) is -0.986. The fourth-order valence-electron chi connectivity index (χ4n) is 2.44. The van der Waals surface area contributed by atoms with Crippen molar-refractivity contribution < 1.29 is 13.2 Å². The molecule has 1 aliphatic rings. The van der Waals surface area contributed by atoms with E-state index in [1.807, 2.05) is 6.07 Å². The van der Waals surface area contributed by atoms with Crippen molar-refractivity contribution in [2.75, 3.05) is 0 Å². The van der Waals surface area contributed by atoms with Gasteiger partial charge in [0.2, 0.25) is 0 Å². The summed E-state index contributed by atoms with van der Waals surface area (Å²) in [5.74, 6) is 0.913. The predicted molar refractivity (Wildman–Crippen MR) is 57.2 cm³/mol. The SMILES string of the molecule is CCC1CCC1c1cccc(C(F)(F)F)c1. The standard InChI is InChI=1S/C13H15F3/c1-2-9-6-7-12(9)10-4-3-5-11(8-10)13(14,15)16/h3-5,8-9,12H,2,6-7H2,1H3. The Bertz CT molecular complexity index is 366. The molecular formula is C13H15F3. The third-order valence-corrected chi connectivity index (χ3v) is 3.58. The van der Waals surface area contributed by atoms with Crippen molar-refractivity contribution in [3.8, 4) is 0 Å². The number of halogens is 3. The van der Waals surface area contributed by atoms with Crippen LogP contribution in [0, 0.1) is 5.92 Å². The first-order valence-corrected chi connectivity index (χ1v) is 5.69. The Hall–Kier alpha value is -0.990. The fraction of sp³-hybridized carbons (Fsp3) is 0.538. The van der Waals surface area contributed by atoms with Gasteiger partial charge in [0.15, 0.2) is 0 Å². The van der Waals surface area contributed by atoms with E-state index in [9.17, 15) is 13.2 Å². The molecule has 0 aliphatic heterocycles. The summed E-state index contributed by atoms with van der Waals surface area (Å²) in [6, 6.07) is 5.79. The molecule has 1 aromatic carbocycles. The van der Waals surface area contributed by atoms with E-state index in [0.29, 0.717) is 11.8 Å². The lowest BCUT2D eigenvalue weighted by Gasteiger charge is -2.36. The number of hydrogen-bond donors (Lipinski definition) is 0. The molecule has 0 N–H and O–H groups in total. The second-order valence-corrected chi connectivity index (χ2v) is 4.48. The molecular weight excluding hydrogens is 213 g/mol. The average molecular weight is 228 g/mol. The maximum Gasteiger partial charge on any atom is 0.416 e. The van der Waals surface area contributed by atoms with E-state index in [4.69, 9.17) is 0 Å². The van der Waals surface area contributed by atoms with Gasteiger partial charge in [0.25, 0.3) is 0 Å². The van der Waals surface area contributed by atoms with Gasteiger partial charge in [0.05, 0.1) is 5.56 Å². The van der Waals surface area contributed by atoms with Crippen molar-refractivity contribution in [1.29, 1.82) is 0 Å². The van der Waals surface area contributed by atoms with Gasteiger partial charge < -0.3 is 0 Å². The van der Waals surface area contributed by atoms with Crippen LogP contribution in [0.3, 0.4) is 0 Å². The molecule has 1 aromatic rings. The Balaban J connectivity index is 2.23. The fourth-order valence-corrected chi connectivity index (χ4v) is 2.44. The highest BCUT2D eigenvalue weighted by Crippen LogP contribution is 2.45. The molecule has 0 amide bonds. The molecule has 3 heteroatoms. The predicted octanol–water partition coefficient (Wildman–Crippen LogP) is 4.61. The summed E-state index contributed by atoms with van der Waals surface area (Å²) in [5, 5.41) is 0. The minimum Gasteiger partial charge on any atom is -0.166 e. The Morgan fingerprint density at radius 2 is 2.00 bits per heavy atom. The number of alkyl halides is 3. The normalized spacial score (nSPS) is 25.2. The second-order valence-electron chi connectivity index (χ2n) is 4.48. The van der Waals surface area contributed by atoms with Crippen LogP contribution in [-0.4, -0.2) is 0 Å². The molecule has 0 radical (unpaired) electrons. The second kappa shape index (κ2) is 4.11. The molecule has 16 heavy (non-hydrogen) atoms. The zero-order chi connectivity index (χ0) is 11.8. The van der Waals surface area contributed by atoms with Gasteiger partial charge in [-0.2, -0.15) is 13.2 Å². The van der Waals surface area contributed by atoms with Gasteiger partial charge in [-0.25, -0.2) is 0 Å². The minimum atomic E-state index is -4.22. The van der Waals surface area contributed by atoms with E-state index in [-0.39, 0.29) is 0 Å². The largest absolute Gasteiger partial charge is 0.416 e. The number of benzene rings is 1. The highest BCUT2D eigenvalue weighted by molar-refractivity contribution is 5.30. The molecule has 0 nitrogen and oxygen atoms in total. The molecule has 88 valence electrons. The van der Waals surface area contributed by atoms with Crippen LogP contribution in [0.1, 0.15) is 43.2 Å². The third-order valence-electron chi connectivity index (χ3n) is 3.58. The molecule has 1 aliphatic carbocycles. The molecule has 1 saturated carbocycles. The van der Waals surface area contributed by atoms with Crippen molar-refractivity contribution in [2.24, 2.45) is 5.92 Å². The molecule has 1 fully saturated rings. The van der Waals surface area contributed by atoms with E-state index >= 15 is 0 Å². The molecule has 0 saturated heterocycles. The van der Waals surface area contributed by atoms with E-state index < -0.39 is 11.7 Å². The first kappa shape index (κ1) is 11.5. The summed E-state index contributed by atoms with van der Waals surface area (Å²) in [7, 11) is 0. The molecule has 2 rings (SSSR count). The van der Waals surface area contributed by atoms with Gasteiger partial charge in [-0.1, -0.05) is 31.5 Å². The number of hydrogen-bond acceptors (Lipinski definition) is 0. The molecule has 2 unspecified atom stereocenters. The zero-order valence-corrected chi connectivity index (χ0v) is 9.22. The molecule has 2 atom stereocenters. The maximum atomic E-state index is 12.5. The van der Waals surface area contributed by atoms with E-state index in [0.717, 1.165) is 30.9 Å². The van der Waals surface area contributed by atoms with Crippen molar-refractivity contribution in [3.05, 3.63) is 35.4 Å². The lowest BCUT2D eigenvalue weighted by atomic mass is 9.69. The van der Waals surface area contributed by atoms with Gasteiger partial charge in [-0.3, -0.25) is 0 Å². The van der Waals surface area contributed by atoms with Gasteiger partial charge in [0.1, 0.15) is 0 Å². The highest BCUT2D eigenvalue weighted by Gasteiger charge is 2.34. The van der Waals surface area contributed by atoms with Crippen LogP contribution in [0.5, 0.6) is 0 Å². The molecule has 0 bridgehead atoms. The van der Waals surface area contributed by atoms with Crippen molar-refractivity contribution >= 4 is 0 Å². The summed E-state index contributed by atoms with van der Waals surface area (Å²) in [6.45, 7) is 2.10. The van der Waals surface area contributed by atoms with Gasteiger partial charge in [0, 0.05) is 0 Å². The van der Waals surface area contributed by atoms with Crippen LogP contribution in [0.4, 0.5) is 13.2 Å². The van der Waals surface area contributed by atoms with Gasteiger partial charge in [-0.05, 0) is 36.3 Å². The van der Waals surface area contributed by atoms with Crippen LogP contribution >= 0.6 is 0 Å². The van der Waals surface area contributed by atoms with Crippen LogP contribution in [0.25, 0.3) is 0 Å². The van der Waals surface area contributed by atoms with E-state index in [2.05, 4.69) is 6.92 Å². The van der Waals surface area contributed by atoms with Crippen molar-refractivity contribution in [3.63, 3.8) is 0 Å². The third kappa shape index (κ3) is 2.08. The van der Waals surface area contributed by atoms with Gasteiger partial charge >= 0.3 is 6.18 Å². The summed E-state index contributed by atoms with van der Waals surface area (Å²) in [5.41, 5.74) is 0.333. The Kier molecular flexibility index (Phi) is 2.96. The monoisotopic (exact) mass is 228 g/mol. The minimum absolute atomic E-state index is 0.340. The topological polar surface area (TPSA) is 0 Å². The van der Waals surface area contributed by atoms with Crippen molar-refractivity contribution in [1.82, 2.24) is 0 Å². The Labute approximate surface area is 93.5 Å². The quantitative estimate of drug-likeness (QED) is 0.693. The van der Waals surface area contributed by atoms with E-state index in [1.165, 1.54) is 12.1 Å². The first-order chi connectivity index (χ1) is 7.52. The van der Waals surface area contributed by atoms with E-state index in [1.54, 1.807) is 0 Å². The highest BCUT2D eigenvalue weighted by atomic mass is 19.4. The molecule has 0 aromatic heterocycles. The summed E-state index contributed by atoms with van der Waals surface area (Å²) in [4.78, 5) is 0. The van der Waals surface area contributed by atoms with Crippen LogP contribution in [0.2, 0.25) is 0 Å². The lowest BCUT2D eigenvalue weighted by molar-refractivity contribution is -0.137. The van der Waals surface area contributed by atoms with Crippen LogP contribution in [0.15, 0.2) is 24.3 Å². The zero-order valence-electron chi connectivity index (χ0n) is 9.22. The summed E-state index contributed by atoms with van der Waals surface area (Å²) >= 11 is 0. The Morgan fingerprint density at radius 1 is 1.25 bits per heavy atom. The van der Waals surface area contributed by atoms with Crippen LogP contribution in [-0.2, 0) is 6.18 Å². The number of rotatable bonds is 2. The summed E-state index contributed by atoms with van der Waals surface area (Å²) < 4.78 is 37.6. The average Bonchev–Trinajstić information content (AvgIpc) is 2.16.